The molecular formula is C20H24O9. The average molecular weight is 408 g/mol. The standard InChI is InChI=1S/C20H24O9/c1-20(2,29-19-18(25)17(24)16(23)14(7-21)28-19)11-8-26-13-6-12-9(5-10(11)13)3-4-15(22)27-12/h3-6,11,14,16-19,21,23-25H,7-8H2,1-2H3. The molecule has 0 saturated carbocycles. The first-order valence-electron chi connectivity index (χ1n) is 9.40. The van der Waals surface area contributed by atoms with Crippen LogP contribution >= 0.6 is 0 Å². The quantitative estimate of drug-likeness (QED) is 0.509. The summed E-state index contributed by atoms with van der Waals surface area (Å²) < 4.78 is 22.4. The normalized spacial score (nSPS) is 32.2. The first-order valence-corrected chi connectivity index (χ1v) is 9.40. The second-order valence-electron chi connectivity index (χ2n) is 7.96. The van der Waals surface area contributed by atoms with Crippen molar-refractivity contribution in [2.75, 3.05) is 13.2 Å². The molecule has 0 aliphatic carbocycles. The zero-order valence-corrected chi connectivity index (χ0v) is 16.0. The highest BCUT2D eigenvalue weighted by Crippen LogP contribution is 2.44. The molecule has 6 unspecified atom stereocenters. The van der Waals surface area contributed by atoms with Crippen LogP contribution in [0, 0.1) is 0 Å². The Morgan fingerprint density at radius 1 is 1.14 bits per heavy atom. The highest BCUT2D eigenvalue weighted by molar-refractivity contribution is 5.80. The molecule has 2 aromatic rings. The van der Waals surface area contributed by atoms with Crippen molar-refractivity contribution in [1.29, 1.82) is 0 Å². The maximum absolute atomic E-state index is 11.4. The first-order chi connectivity index (χ1) is 13.7. The third kappa shape index (κ3) is 3.54. The third-order valence-electron chi connectivity index (χ3n) is 5.64. The molecule has 0 bridgehead atoms. The number of fused-ring (bicyclic) bond motifs is 2. The number of hydrogen-bond acceptors (Lipinski definition) is 9. The Balaban J connectivity index is 1.60. The van der Waals surface area contributed by atoms with E-state index in [1.54, 1.807) is 26.0 Å². The summed E-state index contributed by atoms with van der Waals surface area (Å²) in [5, 5.41) is 40.3. The topological polar surface area (TPSA) is 139 Å². The Labute approximate surface area is 166 Å². The summed E-state index contributed by atoms with van der Waals surface area (Å²) in [6.07, 6.45) is -6.74. The molecule has 9 nitrogen and oxygen atoms in total. The molecule has 158 valence electrons. The zero-order chi connectivity index (χ0) is 20.9. The van der Waals surface area contributed by atoms with E-state index >= 15 is 0 Å². The predicted octanol–water partition coefficient (Wildman–Crippen LogP) is -0.136. The lowest BCUT2D eigenvalue weighted by Crippen LogP contribution is -2.60. The summed E-state index contributed by atoms with van der Waals surface area (Å²) in [7, 11) is 0. The smallest absolute Gasteiger partial charge is 0.336 e. The maximum Gasteiger partial charge on any atom is 0.336 e. The van der Waals surface area contributed by atoms with Crippen molar-refractivity contribution < 1.29 is 39.1 Å². The van der Waals surface area contributed by atoms with Crippen LogP contribution in [0.25, 0.3) is 11.0 Å². The lowest BCUT2D eigenvalue weighted by atomic mass is 9.85. The van der Waals surface area contributed by atoms with Crippen LogP contribution in [-0.2, 0) is 9.47 Å². The van der Waals surface area contributed by atoms with Crippen LogP contribution in [0.1, 0.15) is 25.3 Å². The molecule has 6 atom stereocenters. The Bertz CT molecular complexity index is 951. The highest BCUT2D eigenvalue weighted by Gasteiger charge is 2.48. The molecule has 4 N–H and O–H groups in total. The molecule has 1 aromatic carbocycles. The maximum atomic E-state index is 11.4. The van der Waals surface area contributed by atoms with E-state index in [2.05, 4.69) is 0 Å². The van der Waals surface area contributed by atoms with Crippen molar-refractivity contribution in [3.63, 3.8) is 0 Å². The van der Waals surface area contributed by atoms with E-state index in [4.69, 9.17) is 18.6 Å². The van der Waals surface area contributed by atoms with Gasteiger partial charge < -0.3 is 39.1 Å². The van der Waals surface area contributed by atoms with Gasteiger partial charge >= 0.3 is 5.63 Å². The Morgan fingerprint density at radius 2 is 1.90 bits per heavy atom. The molecule has 4 rings (SSSR count). The van der Waals surface area contributed by atoms with Gasteiger partial charge in [0.05, 0.1) is 24.7 Å². The predicted molar refractivity (Wildman–Crippen MR) is 99.7 cm³/mol. The summed E-state index contributed by atoms with van der Waals surface area (Å²) in [4.78, 5) is 11.4. The summed E-state index contributed by atoms with van der Waals surface area (Å²) in [5.74, 6) is 0.323. The van der Waals surface area contributed by atoms with Gasteiger partial charge in [0.15, 0.2) is 6.29 Å². The van der Waals surface area contributed by atoms with Gasteiger partial charge in [-0.25, -0.2) is 4.79 Å². The van der Waals surface area contributed by atoms with Gasteiger partial charge in [0, 0.05) is 23.1 Å². The fourth-order valence-corrected chi connectivity index (χ4v) is 3.90. The number of hydrogen-bond donors (Lipinski definition) is 4. The van der Waals surface area contributed by atoms with Crippen molar-refractivity contribution >= 4 is 11.0 Å². The van der Waals surface area contributed by atoms with E-state index in [1.165, 1.54) is 6.07 Å². The van der Waals surface area contributed by atoms with E-state index in [1.807, 2.05) is 6.07 Å². The molecule has 0 spiro atoms. The van der Waals surface area contributed by atoms with Gasteiger partial charge in [-0.15, -0.1) is 0 Å². The first kappa shape index (κ1) is 20.3. The minimum Gasteiger partial charge on any atom is -0.492 e. The van der Waals surface area contributed by atoms with Crippen molar-refractivity contribution in [1.82, 2.24) is 0 Å². The van der Waals surface area contributed by atoms with Crippen molar-refractivity contribution in [3.05, 3.63) is 40.2 Å². The Kier molecular flexibility index (Phi) is 5.14. The monoisotopic (exact) mass is 408 g/mol. The fraction of sp³-hybridized carbons (Fsp3) is 0.550. The zero-order valence-electron chi connectivity index (χ0n) is 16.0. The van der Waals surface area contributed by atoms with Gasteiger partial charge in [0.2, 0.25) is 0 Å². The van der Waals surface area contributed by atoms with E-state index in [-0.39, 0.29) is 5.92 Å². The lowest BCUT2D eigenvalue weighted by molar-refractivity contribution is -0.325. The molecule has 1 aromatic heterocycles. The van der Waals surface area contributed by atoms with Gasteiger partial charge in [0.25, 0.3) is 0 Å². The fourth-order valence-electron chi connectivity index (χ4n) is 3.90. The number of ether oxygens (including phenoxy) is 3. The van der Waals surface area contributed by atoms with Crippen LogP contribution in [0.15, 0.2) is 33.5 Å². The molecule has 9 heteroatoms. The Morgan fingerprint density at radius 3 is 2.62 bits per heavy atom. The number of aliphatic hydroxyl groups excluding tert-OH is 4. The summed E-state index contributed by atoms with van der Waals surface area (Å²) in [5.41, 5.74) is -0.0776. The minimum absolute atomic E-state index is 0.249. The Hall–Kier alpha value is -2.01. The number of benzene rings is 1. The summed E-state index contributed by atoms with van der Waals surface area (Å²) in [6.45, 7) is 3.36. The van der Waals surface area contributed by atoms with Crippen molar-refractivity contribution in [2.24, 2.45) is 0 Å². The van der Waals surface area contributed by atoms with Gasteiger partial charge in [-0.3, -0.25) is 0 Å². The van der Waals surface area contributed by atoms with E-state index in [0.717, 1.165) is 10.9 Å². The van der Waals surface area contributed by atoms with Crippen LogP contribution < -0.4 is 10.4 Å². The molecule has 0 radical (unpaired) electrons. The van der Waals surface area contributed by atoms with E-state index in [0.29, 0.717) is 17.9 Å². The third-order valence-corrected chi connectivity index (χ3v) is 5.64. The summed E-state index contributed by atoms with van der Waals surface area (Å²) in [6, 6.07) is 6.54. The van der Waals surface area contributed by atoms with Crippen LogP contribution in [-0.4, -0.2) is 69.9 Å². The van der Waals surface area contributed by atoms with Crippen LogP contribution in [0.2, 0.25) is 0 Å². The van der Waals surface area contributed by atoms with Crippen molar-refractivity contribution in [2.45, 2.75) is 56.1 Å². The molecule has 3 heterocycles. The van der Waals surface area contributed by atoms with Crippen molar-refractivity contribution in [3.8, 4) is 5.75 Å². The minimum atomic E-state index is -1.51. The molecule has 29 heavy (non-hydrogen) atoms. The van der Waals surface area contributed by atoms with Gasteiger partial charge in [-0.1, -0.05) is 0 Å². The molecule has 1 saturated heterocycles. The summed E-state index contributed by atoms with van der Waals surface area (Å²) >= 11 is 0. The molecule has 2 aliphatic rings. The second kappa shape index (κ2) is 7.35. The molecule has 1 fully saturated rings. The molecule has 2 aliphatic heterocycles. The number of aliphatic hydroxyl groups is 4. The van der Waals surface area contributed by atoms with Crippen LogP contribution in [0.4, 0.5) is 0 Å². The van der Waals surface area contributed by atoms with Gasteiger partial charge in [-0.05, 0) is 26.0 Å². The second-order valence-corrected chi connectivity index (χ2v) is 7.96. The highest BCUT2D eigenvalue weighted by atomic mass is 16.7. The molecular weight excluding hydrogens is 384 g/mol. The number of rotatable bonds is 4. The SMILES string of the molecule is CC(C)(OC1OC(CO)C(O)C(O)C1O)C1COc2cc3oc(=O)ccc3cc21. The van der Waals surface area contributed by atoms with Gasteiger partial charge in [0.1, 0.15) is 35.7 Å². The lowest BCUT2D eigenvalue weighted by Gasteiger charge is -2.43. The van der Waals surface area contributed by atoms with Crippen LogP contribution in [0.5, 0.6) is 5.75 Å². The van der Waals surface area contributed by atoms with E-state index < -0.39 is 48.5 Å². The average Bonchev–Trinajstić information content (AvgIpc) is 3.10. The molecule has 0 amide bonds. The van der Waals surface area contributed by atoms with E-state index in [9.17, 15) is 25.2 Å². The van der Waals surface area contributed by atoms with Gasteiger partial charge in [-0.2, -0.15) is 0 Å². The van der Waals surface area contributed by atoms with Crippen LogP contribution in [0.3, 0.4) is 0 Å². The largest absolute Gasteiger partial charge is 0.492 e.